The van der Waals surface area contributed by atoms with Crippen molar-refractivity contribution in [3.05, 3.63) is 24.2 Å². The number of aliphatic hydroxyl groups is 1. The molecule has 4 heteroatoms. The second-order valence-electron chi connectivity index (χ2n) is 2.13. The summed E-state index contributed by atoms with van der Waals surface area (Å²) in [6.45, 7) is -0.408. The fourth-order valence-electron chi connectivity index (χ4n) is 0.799. The molecular weight excluding hydrogens is 148 g/mol. The lowest BCUT2D eigenvalue weighted by molar-refractivity contribution is -0.139. The second kappa shape index (κ2) is 3.21. The third kappa shape index (κ3) is 1.59. The average molecular weight is 156 g/mol. The van der Waals surface area contributed by atoms with Crippen LogP contribution in [-0.4, -0.2) is 22.8 Å². The normalized spacial score (nSPS) is 12.8. The molecule has 0 aliphatic heterocycles. The van der Waals surface area contributed by atoms with Crippen molar-refractivity contribution in [1.29, 1.82) is 0 Å². The lowest BCUT2D eigenvalue weighted by Gasteiger charge is -2.03. The largest absolute Gasteiger partial charge is 0.481 e. The number of carboxylic acid groups (broad SMARTS) is 1. The van der Waals surface area contributed by atoms with Crippen LogP contribution in [-0.2, 0) is 4.79 Å². The van der Waals surface area contributed by atoms with Gasteiger partial charge in [0.05, 0.1) is 19.1 Å². The minimum Gasteiger partial charge on any atom is -0.481 e. The lowest BCUT2D eigenvalue weighted by atomic mass is 10.0. The van der Waals surface area contributed by atoms with Crippen molar-refractivity contribution in [2.24, 2.45) is 0 Å². The summed E-state index contributed by atoms with van der Waals surface area (Å²) < 4.78 is 4.67. The van der Waals surface area contributed by atoms with Gasteiger partial charge in [-0.3, -0.25) is 4.79 Å². The molecule has 1 aromatic heterocycles. The summed E-state index contributed by atoms with van der Waals surface area (Å²) in [5.74, 6) is -1.91. The Morgan fingerprint density at radius 2 is 2.45 bits per heavy atom. The molecule has 0 saturated carbocycles. The summed E-state index contributed by atoms with van der Waals surface area (Å²) in [4.78, 5) is 10.4. The summed E-state index contributed by atoms with van der Waals surface area (Å²) in [5.41, 5.74) is 0.486. The van der Waals surface area contributed by atoms with E-state index in [1.54, 1.807) is 0 Å². The first kappa shape index (κ1) is 7.81. The predicted molar refractivity (Wildman–Crippen MR) is 36.2 cm³/mol. The monoisotopic (exact) mass is 156 g/mol. The molecule has 0 spiro atoms. The van der Waals surface area contributed by atoms with Gasteiger partial charge in [-0.05, 0) is 6.07 Å². The SMILES string of the molecule is O=C(O)C(CO)c1ccoc1. The van der Waals surface area contributed by atoms with Crippen LogP contribution >= 0.6 is 0 Å². The van der Waals surface area contributed by atoms with Gasteiger partial charge in [-0.1, -0.05) is 0 Å². The maximum absolute atomic E-state index is 10.4. The van der Waals surface area contributed by atoms with Crippen molar-refractivity contribution in [2.75, 3.05) is 6.61 Å². The number of hydrogen-bond acceptors (Lipinski definition) is 3. The van der Waals surface area contributed by atoms with Gasteiger partial charge in [0, 0.05) is 5.56 Å². The number of rotatable bonds is 3. The van der Waals surface area contributed by atoms with E-state index in [0.717, 1.165) is 0 Å². The minimum atomic E-state index is -1.05. The summed E-state index contributed by atoms with van der Waals surface area (Å²) in [6.07, 6.45) is 2.69. The van der Waals surface area contributed by atoms with E-state index in [4.69, 9.17) is 10.2 Å². The Bertz CT molecular complexity index is 227. The third-order valence-electron chi connectivity index (χ3n) is 1.43. The van der Waals surface area contributed by atoms with E-state index in [1.807, 2.05) is 0 Å². The molecule has 0 aliphatic rings. The number of carbonyl (C=O) groups is 1. The van der Waals surface area contributed by atoms with E-state index in [0.29, 0.717) is 5.56 Å². The summed E-state index contributed by atoms with van der Waals surface area (Å²) >= 11 is 0. The first-order valence-corrected chi connectivity index (χ1v) is 3.11. The quantitative estimate of drug-likeness (QED) is 0.666. The number of aliphatic carboxylic acids is 1. The van der Waals surface area contributed by atoms with Crippen molar-refractivity contribution < 1.29 is 19.4 Å². The zero-order valence-corrected chi connectivity index (χ0v) is 5.73. The van der Waals surface area contributed by atoms with Crippen molar-refractivity contribution in [3.63, 3.8) is 0 Å². The van der Waals surface area contributed by atoms with Crippen LogP contribution in [0.25, 0.3) is 0 Å². The number of carboxylic acids is 1. The Hall–Kier alpha value is -1.29. The van der Waals surface area contributed by atoms with Gasteiger partial charge >= 0.3 is 5.97 Å². The highest BCUT2D eigenvalue weighted by Crippen LogP contribution is 2.15. The molecule has 60 valence electrons. The average Bonchev–Trinajstić information content (AvgIpc) is 2.40. The van der Waals surface area contributed by atoms with E-state index in [2.05, 4.69) is 4.42 Å². The highest BCUT2D eigenvalue weighted by Gasteiger charge is 2.19. The molecule has 11 heavy (non-hydrogen) atoms. The molecular formula is C7H8O4. The van der Waals surface area contributed by atoms with E-state index in [9.17, 15) is 4.79 Å². The molecule has 0 fully saturated rings. The van der Waals surface area contributed by atoms with Crippen LogP contribution in [0.4, 0.5) is 0 Å². The third-order valence-corrected chi connectivity index (χ3v) is 1.43. The Balaban J connectivity index is 2.79. The van der Waals surface area contributed by atoms with E-state index in [1.165, 1.54) is 18.6 Å². The standard InChI is InChI=1S/C7H8O4/c8-3-6(7(9)10)5-1-2-11-4-5/h1-2,4,6,8H,3H2,(H,9,10). The number of aliphatic hydroxyl groups excluding tert-OH is 1. The van der Waals surface area contributed by atoms with Gasteiger partial charge in [-0.2, -0.15) is 0 Å². The molecule has 0 radical (unpaired) electrons. The zero-order chi connectivity index (χ0) is 8.27. The van der Waals surface area contributed by atoms with Crippen LogP contribution in [0.1, 0.15) is 11.5 Å². The van der Waals surface area contributed by atoms with Crippen molar-refractivity contribution >= 4 is 5.97 Å². The van der Waals surface area contributed by atoms with Gasteiger partial charge in [0.1, 0.15) is 5.92 Å². The zero-order valence-electron chi connectivity index (χ0n) is 5.73. The van der Waals surface area contributed by atoms with Gasteiger partial charge < -0.3 is 14.6 Å². The fraction of sp³-hybridized carbons (Fsp3) is 0.286. The van der Waals surface area contributed by atoms with E-state index < -0.39 is 18.5 Å². The molecule has 1 atom stereocenters. The van der Waals surface area contributed by atoms with Crippen molar-refractivity contribution in [1.82, 2.24) is 0 Å². The van der Waals surface area contributed by atoms with E-state index in [-0.39, 0.29) is 0 Å². The lowest BCUT2D eigenvalue weighted by Crippen LogP contribution is -2.14. The smallest absolute Gasteiger partial charge is 0.313 e. The van der Waals surface area contributed by atoms with Gasteiger partial charge in [0.15, 0.2) is 0 Å². The predicted octanol–water partition coefficient (Wildman–Crippen LogP) is 0.440. The van der Waals surface area contributed by atoms with Gasteiger partial charge in [-0.25, -0.2) is 0 Å². The maximum atomic E-state index is 10.4. The Morgan fingerprint density at radius 3 is 2.82 bits per heavy atom. The summed E-state index contributed by atoms with van der Waals surface area (Å²) in [5, 5.41) is 17.2. The highest BCUT2D eigenvalue weighted by molar-refractivity contribution is 5.75. The molecule has 1 rings (SSSR count). The molecule has 0 aliphatic carbocycles. The second-order valence-corrected chi connectivity index (χ2v) is 2.13. The van der Waals surface area contributed by atoms with Crippen LogP contribution in [0.15, 0.2) is 23.0 Å². The molecule has 0 amide bonds. The van der Waals surface area contributed by atoms with Crippen LogP contribution in [0, 0.1) is 0 Å². The molecule has 0 aromatic carbocycles. The Kier molecular flexibility index (Phi) is 2.28. The summed E-state index contributed by atoms with van der Waals surface area (Å²) in [6, 6.07) is 1.52. The molecule has 0 bridgehead atoms. The molecule has 2 N–H and O–H groups in total. The van der Waals surface area contributed by atoms with Crippen molar-refractivity contribution in [3.8, 4) is 0 Å². The Morgan fingerprint density at radius 1 is 1.73 bits per heavy atom. The molecule has 1 aromatic rings. The van der Waals surface area contributed by atoms with Gasteiger partial charge in [0.2, 0.25) is 0 Å². The number of hydrogen-bond donors (Lipinski definition) is 2. The minimum absolute atomic E-state index is 0.408. The summed E-state index contributed by atoms with van der Waals surface area (Å²) in [7, 11) is 0. The van der Waals surface area contributed by atoms with Crippen molar-refractivity contribution in [2.45, 2.75) is 5.92 Å². The Labute approximate surface area is 63.1 Å². The van der Waals surface area contributed by atoms with Crippen LogP contribution in [0.2, 0.25) is 0 Å². The van der Waals surface area contributed by atoms with Gasteiger partial charge in [0.25, 0.3) is 0 Å². The topological polar surface area (TPSA) is 70.7 Å². The van der Waals surface area contributed by atoms with Crippen LogP contribution in [0.5, 0.6) is 0 Å². The first-order valence-electron chi connectivity index (χ1n) is 3.11. The molecule has 1 unspecified atom stereocenters. The molecule has 4 nitrogen and oxygen atoms in total. The van der Waals surface area contributed by atoms with Crippen LogP contribution in [0.3, 0.4) is 0 Å². The molecule has 0 saturated heterocycles. The number of furan rings is 1. The highest BCUT2D eigenvalue weighted by atomic mass is 16.4. The van der Waals surface area contributed by atoms with Gasteiger partial charge in [-0.15, -0.1) is 0 Å². The van der Waals surface area contributed by atoms with E-state index >= 15 is 0 Å². The fourth-order valence-corrected chi connectivity index (χ4v) is 0.799. The first-order chi connectivity index (χ1) is 5.25. The maximum Gasteiger partial charge on any atom is 0.313 e. The van der Waals surface area contributed by atoms with Crippen LogP contribution < -0.4 is 0 Å². The molecule has 1 heterocycles.